The number of aromatic nitrogens is 4. The van der Waals surface area contributed by atoms with Crippen LogP contribution in [-0.2, 0) is 23.1 Å². The van der Waals surface area contributed by atoms with Crippen LogP contribution in [0.25, 0.3) is 11.0 Å². The second-order valence-corrected chi connectivity index (χ2v) is 10.1. The van der Waals surface area contributed by atoms with Gasteiger partial charge in [-0.25, -0.2) is 26.8 Å². The molecule has 0 saturated heterocycles. The van der Waals surface area contributed by atoms with Crippen LogP contribution < -0.4 is 10.9 Å². The summed E-state index contributed by atoms with van der Waals surface area (Å²) in [5.41, 5.74) is 1.19. The smallest absolute Gasteiger partial charge is 0.264 e. The van der Waals surface area contributed by atoms with Crippen LogP contribution in [0.1, 0.15) is 15.9 Å². The number of hydrogen-bond acceptors (Lipinski definition) is 6. The summed E-state index contributed by atoms with van der Waals surface area (Å²) in [6, 6.07) is 11.5. The zero-order valence-corrected chi connectivity index (χ0v) is 19.9. The predicted octanol–water partition coefficient (Wildman–Crippen LogP) is 1.46. The second-order valence-electron chi connectivity index (χ2n) is 7.98. The zero-order valence-electron chi connectivity index (χ0n) is 19.1. The Morgan fingerprint density at radius 2 is 1.77 bits per heavy atom. The molecule has 0 aliphatic rings. The minimum absolute atomic E-state index is 0.0956. The number of carbonyl (C=O) groups is 1. The lowest BCUT2D eigenvalue weighted by Crippen LogP contribution is -2.28. The van der Waals surface area contributed by atoms with Crippen LogP contribution in [0.3, 0.4) is 0 Å². The van der Waals surface area contributed by atoms with Crippen LogP contribution in [0, 0.1) is 5.82 Å². The Hall–Kier alpha value is -3.90. The highest BCUT2D eigenvalue weighted by molar-refractivity contribution is 7.89. The summed E-state index contributed by atoms with van der Waals surface area (Å²) < 4.78 is 41.4. The van der Waals surface area contributed by atoms with E-state index in [0.717, 1.165) is 9.87 Å². The Labute approximate surface area is 200 Å². The molecular weight excluding hydrogens is 475 g/mol. The highest BCUT2D eigenvalue weighted by atomic mass is 32.2. The molecule has 0 saturated carbocycles. The molecule has 1 amide bonds. The minimum Gasteiger partial charge on any atom is -0.350 e. The summed E-state index contributed by atoms with van der Waals surface area (Å²) in [6.45, 7) is 0.738. The van der Waals surface area contributed by atoms with E-state index in [1.165, 1.54) is 72.3 Å². The summed E-state index contributed by atoms with van der Waals surface area (Å²) in [6.07, 6.45) is 2.84. The molecule has 0 atom stereocenters. The van der Waals surface area contributed by atoms with Gasteiger partial charge in [0.15, 0.2) is 5.65 Å². The minimum atomic E-state index is -3.57. The first-order chi connectivity index (χ1) is 16.7. The van der Waals surface area contributed by atoms with Gasteiger partial charge in [-0.05, 0) is 42.0 Å². The fourth-order valence-electron chi connectivity index (χ4n) is 3.43. The van der Waals surface area contributed by atoms with Gasteiger partial charge in [-0.2, -0.15) is 5.10 Å². The van der Waals surface area contributed by atoms with Crippen LogP contribution in [-0.4, -0.2) is 58.6 Å². The van der Waals surface area contributed by atoms with Crippen molar-refractivity contribution in [1.29, 1.82) is 0 Å². The van der Waals surface area contributed by atoms with Crippen molar-refractivity contribution >= 4 is 27.0 Å². The molecule has 35 heavy (non-hydrogen) atoms. The van der Waals surface area contributed by atoms with Crippen molar-refractivity contribution in [2.75, 3.05) is 20.6 Å². The van der Waals surface area contributed by atoms with Crippen molar-refractivity contribution < 1.29 is 17.6 Å². The molecule has 0 bridgehead atoms. The molecule has 0 spiro atoms. The fraction of sp³-hybridized carbons (Fsp3) is 0.217. The van der Waals surface area contributed by atoms with Crippen LogP contribution in [0.2, 0.25) is 0 Å². The number of nitrogens with one attached hydrogen (secondary N) is 1. The third-order valence-corrected chi connectivity index (χ3v) is 7.22. The van der Waals surface area contributed by atoms with Crippen molar-refractivity contribution in [2.45, 2.75) is 18.0 Å². The maximum Gasteiger partial charge on any atom is 0.264 e. The topological polar surface area (TPSA) is 119 Å². The van der Waals surface area contributed by atoms with Gasteiger partial charge in [0.2, 0.25) is 10.0 Å². The standard InChI is InChI=1S/C23H23FN6O4S/c1-28(2)35(33,34)19-9-5-17(6-10-19)22(31)25-11-12-30-21-20(13-27-30)23(32)29(15-26-21)14-16-3-7-18(24)8-4-16/h3-10,13,15H,11-12,14H2,1-2H3,(H,25,31). The molecule has 182 valence electrons. The van der Waals surface area contributed by atoms with Gasteiger partial charge in [0.1, 0.15) is 17.5 Å². The van der Waals surface area contributed by atoms with Crippen molar-refractivity contribution in [1.82, 2.24) is 29.0 Å². The Morgan fingerprint density at radius 1 is 1.09 bits per heavy atom. The van der Waals surface area contributed by atoms with Crippen molar-refractivity contribution in [3.05, 3.63) is 88.4 Å². The highest BCUT2D eigenvalue weighted by Crippen LogP contribution is 2.14. The first kappa shape index (κ1) is 24.2. The fourth-order valence-corrected chi connectivity index (χ4v) is 4.33. The lowest BCUT2D eigenvalue weighted by molar-refractivity contribution is 0.0952. The predicted molar refractivity (Wildman–Crippen MR) is 127 cm³/mol. The van der Waals surface area contributed by atoms with Gasteiger partial charge in [0.25, 0.3) is 11.5 Å². The average Bonchev–Trinajstić information content (AvgIpc) is 3.26. The Morgan fingerprint density at radius 3 is 2.43 bits per heavy atom. The summed E-state index contributed by atoms with van der Waals surface area (Å²) in [5, 5.41) is 7.29. The molecule has 10 nitrogen and oxygen atoms in total. The Bertz CT molecular complexity index is 1530. The molecule has 2 aromatic carbocycles. The highest BCUT2D eigenvalue weighted by Gasteiger charge is 2.17. The molecule has 2 aromatic heterocycles. The molecule has 4 aromatic rings. The third-order valence-electron chi connectivity index (χ3n) is 5.39. The van der Waals surface area contributed by atoms with E-state index in [2.05, 4.69) is 15.4 Å². The van der Waals surface area contributed by atoms with Gasteiger partial charge >= 0.3 is 0 Å². The summed E-state index contributed by atoms with van der Waals surface area (Å²) >= 11 is 0. The first-order valence-corrected chi connectivity index (χ1v) is 12.1. The second kappa shape index (κ2) is 9.76. The quantitative estimate of drug-likeness (QED) is 0.393. The first-order valence-electron chi connectivity index (χ1n) is 10.6. The molecule has 4 rings (SSSR count). The van der Waals surface area contributed by atoms with Gasteiger partial charge < -0.3 is 5.32 Å². The van der Waals surface area contributed by atoms with E-state index >= 15 is 0 Å². The zero-order chi connectivity index (χ0) is 25.2. The van der Waals surface area contributed by atoms with Crippen LogP contribution >= 0.6 is 0 Å². The number of amides is 1. The van der Waals surface area contributed by atoms with E-state index in [1.54, 1.807) is 12.1 Å². The number of nitrogens with zero attached hydrogens (tertiary/aromatic N) is 5. The number of sulfonamides is 1. The normalized spacial score (nSPS) is 11.8. The van der Waals surface area contributed by atoms with Gasteiger partial charge in [0.05, 0.1) is 24.2 Å². The lowest BCUT2D eigenvalue weighted by atomic mass is 10.2. The van der Waals surface area contributed by atoms with E-state index < -0.39 is 10.0 Å². The molecule has 0 aliphatic heterocycles. The third kappa shape index (κ3) is 5.12. The number of benzene rings is 2. The van der Waals surface area contributed by atoms with Gasteiger partial charge in [-0.15, -0.1) is 0 Å². The van der Waals surface area contributed by atoms with Crippen molar-refractivity contribution in [2.24, 2.45) is 0 Å². The number of rotatable bonds is 8. The van der Waals surface area contributed by atoms with Gasteiger partial charge in [-0.1, -0.05) is 12.1 Å². The van der Waals surface area contributed by atoms with E-state index in [-0.39, 0.29) is 41.8 Å². The van der Waals surface area contributed by atoms with E-state index in [0.29, 0.717) is 16.6 Å². The van der Waals surface area contributed by atoms with E-state index in [4.69, 9.17) is 0 Å². The maximum absolute atomic E-state index is 13.1. The monoisotopic (exact) mass is 498 g/mol. The molecular formula is C23H23FN6O4S. The Kier molecular flexibility index (Phi) is 6.76. The maximum atomic E-state index is 13.1. The van der Waals surface area contributed by atoms with E-state index in [9.17, 15) is 22.4 Å². The number of carbonyl (C=O) groups excluding carboxylic acids is 1. The largest absolute Gasteiger partial charge is 0.350 e. The molecule has 0 fully saturated rings. The summed E-state index contributed by atoms with van der Waals surface area (Å²) in [4.78, 5) is 29.7. The molecule has 0 radical (unpaired) electrons. The SMILES string of the molecule is CN(C)S(=O)(=O)c1ccc(C(=O)NCCn2ncc3c(=O)n(Cc4ccc(F)cc4)cnc32)cc1. The van der Waals surface area contributed by atoms with Gasteiger partial charge in [0, 0.05) is 26.2 Å². The molecule has 0 unspecified atom stereocenters. The van der Waals surface area contributed by atoms with Crippen LogP contribution in [0.5, 0.6) is 0 Å². The molecule has 0 aliphatic carbocycles. The number of fused-ring (bicyclic) bond motifs is 1. The number of hydrogen-bond donors (Lipinski definition) is 1. The molecule has 2 heterocycles. The molecule has 1 N–H and O–H groups in total. The van der Waals surface area contributed by atoms with Crippen LogP contribution in [0.15, 0.2) is 70.7 Å². The number of halogens is 1. The average molecular weight is 499 g/mol. The van der Waals surface area contributed by atoms with Crippen LogP contribution in [0.4, 0.5) is 4.39 Å². The Balaban J connectivity index is 1.40. The van der Waals surface area contributed by atoms with Gasteiger partial charge in [-0.3, -0.25) is 14.2 Å². The van der Waals surface area contributed by atoms with Crippen molar-refractivity contribution in [3.63, 3.8) is 0 Å². The lowest BCUT2D eigenvalue weighted by Gasteiger charge is -2.11. The van der Waals surface area contributed by atoms with E-state index in [1.807, 2.05) is 0 Å². The van der Waals surface area contributed by atoms with Crippen molar-refractivity contribution in [3.8, 4) is 0 Å². The molecule has 12 heteroatoms. The summed E-state index contributed by atoms with van der Waals surface area (Å²) in [5.74, 6) is -0.720. The summed E-state index contributed by atoms with van der Waals surface area (Å²) in [7, 11) is -0.702.